The Bertz CT molecular complexity index is 498. The number of carbonyl (C=O) groups is 1. The molecule has 0 bridgehead atoms. The second kappa shape index (κ2) is 7.77. The molecule has 1 saturated heterocycles. The lowest BCUT2D eigenvalue weighted by Crippen LogP contribution is -2.49. The second-order valence-electron chi connectivity index (χ2n) is 6.78. The van der Waals surface area contributed by atoms with Gasteiger partial charge >= 0.3 is 0 Å². The van der Waals surface area contributed by atoms with Crippen molar-refractivity contribution in [3.63, 3.8) is 0 Å². The Kier molecular flexibility index (Phi) is 6.01. The molecule has 2 unspecified atom stereocenters. The number of aryl methyl sites for hydroxylation is 1. The van der Waals surface area contributed by atoms with Crippen molar-refractivity contribution in [1.29, 1.82) is 0 Å². The first kappa shape index (κ1) is 17.0. The largest absolute Gasteiger partial charge is 0.342 e. The number of piperidine rings is 1. The monoisotopic (exact) mass is 302 g/mol. The van der Waals surface area contributed by atoms with Crippen molar-refractivity contribution in [3.05, 3.63) is 35.4 Å². The Labute approximate surface area is 135 Å². The van der Waals surface area contributed by atoms with Crippen LogP contribution in [0.1, 0.15) is 49.7 Å². The molecule has 122 valence electrons. The predicted molar refractivity (Wildman–Crippen MR) is 92.1 cm³/mol. The van der Waals surface area contributed by atoms with Gasteiger partial charge in [-0.2, -0.15) is 0 Å². The highest BCUT2D eigenvalue weighted by atomic mass is 16.2. The van der Waals surface area contributed by atoms with Crippen LogP contribution in [0.25, 0.3) is 0 Å². The van der Waals surface area contributed by atoms with E-state index >= 15 is 0 Å². The van der Waals surface area contributed by atoms with Crippen molar-refractivity contribution in [2.45, 2.75) is 51.5 Å². The molecule has 0 N–H and O–H groups in total. The molecule has 22 heavy (non-hydrogen) atoms. The van der Waals surface area contributed by atoms with Crippen LogP contribution in [-0.4, -0.2) is 48.9 Å². The molecule has 3 heteroatoms. The summed E-state index contributed by atoms with van der Waals surface area (Å²) in [4.78, 5) is 16.8. The molecule has 1 aliphatic heterocycles. The highest BCUT2D eigenvalue weighted by molar-refractivity contribution is 5.76. The van der Waals surface area contributed by atoms with Crippen LogP contribution in [0.4, 0.5) is 0 Å². The van der Waals surface area contributed by atoms with E-state index in [9.17, 15) is 4.79 Å². The third-order valence-electron chi connectivity index (χ3n) is 4.81. The number of hydrogen-bond acceptors (Lipinski definition) is 2. The number of amides is 1. The molecule has 0 spiro atoms. The zero-order valence-electron chi connectivity index (χ0n) is 14.5. The summed E-state index contributed by atoms with van der Waals surface area (Å²) in [6.45, 7) is 6.03. The molecule has 1 amide bonds. The van der Waals surface area contributed by atoms with Gasteiger partial charge in [0.15, 0.2) is 0 Å². The Morgan fingerprint density at radius 1 is 1.36 bits per heavy atom. The maximum absolute atomic E-state index is 12.4. The van der Waals surface area contributed by atoms with Crippen molar-refractivity contribution < 1.29 is 4.79 Å². The van der Waals surface area contributed by atoms with Gasteiger partial charge < -0.3 is 9.80 Å². The van der Waals surface area contributed by atoms with Crippen molar-refractivity contribution in [2.24, 2.45) is 0 Å². The van der Waals surface area contributed by atoms with E-state index in [0.29, 0.717) is 24.3 Å². The number of carbonyl (C=O) groups excluding carboxylic acids is 1. The molecule has 3 nitrogen and oxygen atoms in total. The maximum Gasteiger partial charge on any atom is 0.222 e. The summed E-state index contributed by atoms with van der Waals surface area (Å²) < 4.78 is 0. The van der Waals surface area contributed by atoms with E-state index in [-0.39, 0.29) is 0 Å². The van der Waals surface area contributed by atoms with Crippen molar-refractivity contribution in [3.8, 4) is 0 Å². The fraction of sp³-hybridized carbons (Fsp3) is 0.632. The molecule has 0 aromatic heterocycles. The molecule has 0 saturated carbocycles. The first-order chi connectivity index (χ1) is 10.5. The van der Waals surface area contributed by atoms with Crippen LogP contribution in [0.3, 0.4) is 0 Å². The lowest BCUT2D eigenvalue weighted by molar-refractivity contribution is -0.133. The van der Waals surface area contributed by atoms with Crippen molar-refractivity contribution in [2.75, 3.05) is 27.2 Å². The SMILES string of the molecule is CCCCC(=O)N1CCC(N(C)C)C(c2cccc(C)c2)C1. The normalized spacial score (nSPS) is 22.1. The highest BCUT2D eigenvalue weighted by Crippen LogP contribution is 2.30. The van der Waals surface area contributed by atoms with Gasteiger partial charge in [0.05, 0.1) is 0 Å². The van der Waals surface area contributed by atoms with Gasteiger partial charge in [0.25, 0.3) is 0 Å². The molecule has 1 aliphatic rings. The number of benzene rings is 1. The molecule has 0 radical (unpaired) electrons. The van der Waals surface area contributed by atoms with E-state index < -0.39 is 0 Å². The first-order valence-corrected chi connectivity index (χ1v) is 8.53. The van der Waals surface area contributed by atoms with E-state index in [2.05, 4.69) is 62.0 Å². The fourth-order valence-electron chi connectivity index (χ4n) is 3.50. The molecule has 1 fully saturated rings. The third kappa shape index (κ3) is 4.10. The van der Waals surface area contributed by atoms with E-state index in [1.807, 2.05) is 0 Å². The van der Waals surface area contributed by atoms with Crippen molar-refractivity contribution >= 4 is 5.91 Å². The van der Waals surface area contributed by atoms with Crippen LogP contribution in [0.15, 0.2) is 24.3 Å². The number of rotatable bonds is 5. The summed E-state index contributed by atoms with van der Waals surface area (Å²) in [7, 11) is 4.31. The van der Waals surface area contributed by atoms with Gasteiger partial charge in [-0.25, -0.2) is 0 Å². The smallest absolute Gasteiger partial charge is 0.222 e. The number of hydrogen-bond donors (Lipinski definition) is 0. The Balaban J connectivity index is 2.16. The summed E-state index contributed by atoms with van der Waals surface area (Å²) >= 11 is 0. The molecule has 2 rings (SSSR count). The van der Waals surface area contributed by atoms with E-state index in [0.717, 1.165) is 32.4 Å². The number of likely N-dealkylation sites (N-methyl/N-ethyl adjacent to an activating group) is 1. The fourth-order valence-corrected chi connectivity index (χ4v) is 3.50. The summed E-state index contributed by atoms with van der Waals surface area (Å²) in [5.41, 5.74) is 2.66. The number of unbranched alkanes of at least 4 members (excludes halogenated alkanes) is 1. The standard InChI is InChI=1S/C19H30N2O/c1-5-6-10-19(22)21-12-11-18(20(3)4)17(14-21)16-9-7-8-15(2)13-16/h7-9,13,17-18H,5-6,10-12,14H2,1-4H3. The first-order valence-electron chi connectivity index (χ1n) is 8.53. The van der Waals surface area contributed by atoms with E-state index in [1.165, 1.54) is 11.1 Å². The van der Waals surface area contributed by atoms with E-state index in [4.69, 9.17) is 0 Å². The van der Waals surface area contributed by atoms with Crippen LogP contribution < -0.4 is 0 Å². The Morgan fingerprint density at radius 3 is 2.77 bits per heavy atom. The number of nitrogens with zero attached hydrogens (tertiary/aromatic N) is 2. The molecule has 0 aliphatic carbocycles. The van der Waals surface area contributed by atoms with Crippen LogP contribution in [0.2, 0.25) is 0 Å². The molecule has 1 aromatic carbocycles. The third-order valence-corrected chi connectivity index (χ3v) is 4.81. The minimum absolute atomic E-state index is 0.330. The average molecular weight is 302 g/mol. The van der Waals surface area contributed by atoms with Crippen LogP contribution in [0.5, 0.6) is 0 Å². The number of likely N-dealkylation sites (tertiary alicyclic amines) is 1. The van der Waals surface area contributed by atoms with Gasteiger partial charge in [-0.05, 0) is 39.4 Å². The lowest BCUT2D eigenvalue weighted by atomic mass is 9.84. The van der Waals surface area contributed by atoms with Crippen LogP contribution >= 0.6 is 0 Å². The van der Waals surface area contributed by atoms with Gasteiger partial charge in [-0.15, -0.1) is 0 Å². The zero-order chi connectivity index (χ0) is 16.1. The maximum atomic E-state index is 12.4. The predicted octanol–water partition coefficient (Wildman–Crippen LogP) is 3.43. The quantitative estimate of drug-likeness (QED) is 0.832. The van der Waals surface area contributed by atoms with E-state index in [1.54, 1.807) is 0 Å². The van der Waals surface area contributed by atoms with Gasteiger partial charge in [-0.3, -0.25) is 4.79 Å². The lowest BCUT2D eigenvalue weighted by Gasteiger charge is -2.42. The average Bonchev–Trinajstić information content (AvgIpc) is 2.51. The Hall–Kier alpha value is -1.35. The summed E-state index contributed by atoms with van der Waals surface area (Å²) in [6, 6.07) is 9.28. The summed E-state index contributed by atoms with van der Waals surface area (Å²) in [5, 5.41) is 0. The topological polar surface area (TPSA) is 23.6 Å². The molecular weight excluding hydrogens is 272 g/mol. The highest BCUT2D eigenvalue weighted by Gasteiger charge is 2.33. The molecule has 2 atom stereocenters. The second-order valence-corrected chi connectivity index (χ2v) is 6.78. The van der Waals surface area contributed by atoms with Gasteiger partial charge in [0.2, 0.25) is 5.91 Å². The zero-order valence-corrected chi connectivity index (χ0v) is 14.5. The molecule has 1 aromatic rings. The molecular formula is C19H30N2O. The van der Waals surface area contributed by atoms with Gasteiger partial charge in [0.1, 0.15) is 0 Å². The summed E-state index contributed by atoms with van der Waals surface area (Å²) in [6.07, 6.45) is 3.84. The molecule has 1 heterocycles. The van der Waals surface area contributed by atoms with Crippen molar-refractivity contribution in [1.82, 2.24) is 9.80 Å². The minimum Gasteiger partial charge on any atom is -0.342 e. The Morgan fingerprint density at radius 2 is 2.14 bits per heavy atom. The summed E-state index contributed by atoms with van der Waals surface area (Å²) in [5.74, 6) is 0.742. The van der Waals surface area contributed by atoms with Gasteiger partial charge in [-0.1, -0.05) is 43.2 Å². The van der Waals surface area contributed by atoms with Gasteiger partial charge in [0, 0.05) is 31.5 Å². The minimum atomic E-state index is 0.330. The van der Waals surface area contributed by atoms with Crippen LogP contribution in [-0.2, 0) is 4.79 Å². The van der Waals surface area contributed by atoms with Crippen LogP contribution in [0, 0.1) is 6.92 Å².